The largest absolute Gasteiger partial charge is 0.351 e. The predicted molar refractivity (Wildman–Crippen MR) is 90.6 cm³/mol. The number of hydrogen-bond donors (Lipinski definition) is 2. The van der Waals surface area contributed by atoms with E-state index in [4.69, 9.17) is 0 Å². The van der Waals surface area contributed by atoms with Crippen LogP contribution in [0.3, 0.4) is 0 Å². The van der Waals surface area contributed by atoms with Crippen molar-refractivity contribution in [1.82, 2.24) is 10.6 Å². The second kappa shape index (κ2) is 9.62. The van der Waals surface area contributed by atoms with Crippen molar-refractivity contribution >= 4 is 29.3 Å². The van der Waals surface area contributed by atoms with E-state index in [1.54, 1.807) is 17.8 Å². The second-order valence-corrected chi connectivity index (χ2v) is 5.63. The molecule has 0 saturated carbocycles. The molecule has 0 spiro atoms. The number of nitrogens with one attached hydrogen (secondary N) is 2. The van der Waals surface area contributed by atoms with Crippen molar-refractivity contribution in [3.8, 4) is 0 Å². The van der Waals surface area contributed by atoms with Crippen LogP contribution in [0.15, 0.2) is 36.9 Å². The van der Waals surface area contributed by atoms with Crippen molar-refractivity contribution in [1.29, 1.82) is 0 Å². The molecule has 2 N–H and O–H groups in total. The zero-order chi connectivity index (χ0) is 17.2. The maximum atomic E-state index is 12.2. The average molecular weight is 337 g/mol. The van der Waals surface area contributed by atoms with Gasteiger partial charge in [-0.2, -0.15) is 11.8 Å². The summed E-state index contributed by atoms with van der Waals surface area (Å²) in [4.78, 5) is 34.5. The lowest BCUT2D eigenvalue weighted by molar-refractivity contribution is -0.384. The van der Waals surface area contributed by atoms with Crippen molar-refractivity contribution in [2.75, 3.05) is 18.6 Å². The van der Waals surface area contributed by atoms with Crippen molar-refractivity contribution in [3.05, 3.63) is 52.6 Å². The van der Waals surface area contributed by atoms with Gasteiger partial charge in [-0.05, 0) is 24.5 Å². The fourth-order valence-electron chi connectivity index (χ4n) is 1.80. The van der Waals surface area contributed by atoms with Crippen LogP contribution in [-0.2, 0) is 4.79 Å². The highest BCUT2D eigenvalue weighted by molar-refractivity contribution is 7.98. The Hall–Kier alpha value is -2.35. The molecule has 0 aliphatic carbocycles. The summed E-state index contributed by atoms with van der Waals surface area (Å²) in [6, 6.07) is 4.69. The van der Waals surface area contributed by atoms with Gasteiger partial charge < -0.3 is 10.6 Å². The van der Waals surface area contributed by atoms with Crippen LogP contribution in [0.4, 0.5) is 5.69 Å². The van der Waals surface area contributed by atoms with E-state index in [1.165, 1.54) is 24.3 Å². The number of non-ortho nitro benzene ring substituents is 1. The van der Waals surface area contributed by atoms with Crippen molar-refractivity contribution in [2.24, 2.45) is 0 Å². The summed E-state index contributed by atoms with van der Waals surface area (Å²) in [6.07, 6.45) is 3.91. The fourth-order valence-corrected chi connectivity index (χ4v) is 2.27. The monoisotopic (exact) mass is 337 g/mol. The summed E-state index contributed by atoms with van der Waals surface area (Å²) in [7, 11) is 0. The van der Waals surface area contributed by atoms with Gasteiger partial charge in [0.15, 0.2) is 0 Å². The normalized spacial score (nSPS) is 11.3. The van der Waals surface area contributed by atoms with Gasteiger partial charge >= 0.3 is 0 Å². The van der Waals surface area contributed by atoms with Crippen LogP contribution < -0.4 is 10.6 Å². The minimum absolute atomic E-state index is 0.143. The van der Waals surface area contributed by atoms with E-state index < -0.39 is 16.9 Å². The molecule has 7 nitrogen and oxygen atoms in total. The Morgan fingerprint density at radius 3 is 2.83 bits per heavy atom. The number of amides is 2. The third-order valence-electron chi connectivity index (χ3n) is 2.97. The van der Waals surface area contributed by atoms with E-state index >= 15 is 0 Å². The zero-order valence-electron chi connectivity index (χ0n) is 12.8. The van der Waals surface area contributed by atoms with Crippen LogP contribution in [0.5, 0.6) is 0 Å². The molecule has 1 rings (SSSR count). The number of rotatable bonds is 9. The fraction of sp³-hybridized carbons (Fsp3) is 0.333. The molecular formula is C15H19N3O4S. The van der Waals surface area contributed by atoms with Crippen molar-refractivity contribution in [3.63, 3.8) is 0 Å². The lowest BCUT2D eigenvalue weighted by atomic mass is 10.1. The van der Waals surface area contributed by atoms with Crippen LogP contribution in [0.1, 0.15) is 16.8 Å². The van der Waals surface area contributed by atoms with E-state index in [0.29, 0.717) is 18.7 Å². The molecule has 1 atom stereocenters. The first-order valence-electron chi connectivity index (χ1n) is 6.92. The number of nitrogens with zero attached hydrogens (tertiary/aromatic N) is 1. The number of benzene rings is 1. The molecule has 0 radical (unpaired) electrons. The Balaban J connectivity index is 2.82. The molecule has 124 valence electrons. The molecule has 0 aliphatic rings. The number of hydrogen-bond acceptors (Lipinski definition) is 5. The van der Waals surface area contributed by atoms with Gasteiger partial charge in [-0.3, -0.25) is 19.7 Å². The highest BCUT2D eigenvalue weighted by atomic mass is 32.2. The Morgan fingerprint density at radius 2 is 2.22 bits per heavy atom. The zero-order valence-corrected chi connectivity index (χ0v) is 13.6. The quantitative estimate of drug-likeness (QED) is 0.406. The maximum absolute atomic E-state index is 12.2. The molecular weight excluding hydrogens is 318 g/mol. The van der Waals surface area contributed by atoms with E-state index in [1.807, 2.05) is 6.26 Å². The van der Waals surface area contributed by atoms with E-state index in [0.717, 1.165) is 0 Å². The summed E-state index contributed by atoms with van der Waals surface area (Å²) in [6.45, 7) is 3.83. The SMILES string of the molecule is C=CCNC(=O)C(CCSC)NC(=O)c1cccc([N+](=O)[O-])c1. The van der Waals surface area contributed by atoms with Crippen LogP contribution in [0, 0.1) is 10.1 Å². The van der Waals surface area contributed by atoms with E-state index in [2.05, 4.69) is 17.2 Å². The van der Waals surface area contributed by atoms with Gasteiger partial charge in [0, 0.05) is 24.2 Å². The van der Waals surface area contributed by atoms with Gasteiger partial charge in [-0.15, -0.1) is 6.58 Å². The van der Waals surface area contributed by atoms with Gasteiger partial charge in [0.05, 0.1) is 4.92 Å². The molecule has 2 amide bonds. The van der Waals surface area contributed by atoms with Gasteiger partial charge in [-0.1, -0.05) is 12.1 Å². The van der Waals surface area contributed by atoms with Crippen LogP contribution in [-0.4, -0.2) is 41.3 Å². The van der Waals surface area contributed by atoms with Crippen LogP contribution >= 0.6 is 11.8 Å². The first-order chi connectivity index (χ1) is 11.0. The Kier molecular flexibility index (Phi) is 7.82. The molecule has 0 aromatic heterocycles. The number of carbonyl (C=O) groups is 2. The highest BCUT2D eigenvalue weighted by Crippen LogP contribution is 2.13. The molecule has 0 aliphatic heterocycles. The Morgan fingerprint density at radius 1 is 1.48 bits per heavy atom. The molecule has 8 heteroatoms. The van der Waals surface area contributed by atoms with Crippen molar-refractivity contribution < 1.29 is 14.5 Å². The summed E-state index contributed by atoms with van der Waals surface area (Å²) in [5.41, 5.74) is -0.0284. The van der Waals surface area contributed by atoms with Gasteiger partial charge in [-0.25, -0.2) is 0 Å². The molecule has 0 fully saturated rings. The lowest BCUT2D eigenvalue weighted by Gasteiger charge is -2.17. The van der Waals surface area contributed by atoms with Crippen molar-refractivity contribution in [2.45, 2.75) is 12.5 Å². The molecule has 0 heterocycles. The third-order valence-corrected chi connectivity index (χ3v) is 3.62. The van der Waals surface area contributed by atoms with Gasteiger partial charge in [0.2, 0.25) is 5.91 Å². The van der Waals surface area contributed by atoms with Crippen LogP contribution in [0.2, 0.25) is 0 Å². The molecule has 23 heavy (non-hydrogen) atoms. The third kappa shape index (κ3) is 6.11. The molecule has 0 bridgehead atoms. The lowest BCUT2D eigenvalue weighted by Crippen LogP contribution is -2.47. The minimum atomic E-state index is -0.700. The van der Waals surface area contributed by atoms with Crippen LogP contribution in [0.25, 0.3) is 0 Å². The summed E-state index contributed by atoms with van der Waals surface area (Å²) in [5, 5.41) is 16.0. The number of nitro groups is 1. The number of nitro benzene ring substituents is 1. The first kappa shape index (κ1) is 18.7. The first-order valence-corrected chi connectivity index (χ1v) is 8.31. The van der Waals surface area contributed by atoms with E-state index in [-0.39, 0.29) is 17.2 Å². The second-order valence-electron chi connectivity index (χ2n) is 4.65. The minimum Gasteiger partial charge on any atom is -0.351 e. The molecule has 0 saturated heterocycles. The molecule has 1 aromatic carbocycles. The summed E-state index contributed by atoms with van der Waals surface area (Å²) in [5.74, 6) is -0.132. The Labute approximate surface area is 138 Å². The molecule has 1 unspecified atom stereocenters. The highest BCUT2D eigenvalue weighted by Gasteiger charge is 2.21. The topological polar surface area (TPSA) is 101 Å². The number of thioether (sulfide) groups is 1. The summed E-state index contributed by atoms with van der Waals surface area (Å²) >= 11 is 1.56. The number of carbonyl (C=O) groups excluding carboxylic acids is 2. The van der Waals surface area contributed by atoms with E-state index in [9.17, 15) is 19.7 Å². The average Bonchev–Trinajstić information content (AvgIpc) is 2.56. The predicted octanol–water partition coefficient (Wildman–Crippen LogP) is 1.75. The smallest absolute Gasteiger partial charge is 0.270 e. The maximum Gasteiger partial charge on any atom is 0.270 e. The van der Waals surface area contributed by atoms with Gasteiger partial charge in [0.25, 0.3) is 11.6 Å². The summed E-state index contributed by atoms with van der Waals surface area (Å²) < 4.78 is 0. The standard InChI is InChI=1S/C15H19N3O4S/c1-3-8-16-15(20)13(7-9-23-2)17-14(19)11-5-4-6-12(10-11)18(21)22/h3-6,10,13H,1,7-9H2,2H3,(H,16,20)(H,17,19). The van der Waals surface area contributed by atoms with Gasteiger partial charge in [0.1, 0.15) is 6.04 Å². The Bertz CT molecular complexity index is 592. The molecule has 1 aromatic rings.